The Labute approximate surface area is 127 Å². The molecule has 0 heterocycles. The molecule has 0 aromatic heterocycles. The molecule has 120 valence electrons. The second-order valence-electron chi connectivity index (χ2n) is 4.00. The van der Waals surface area contributed by atoms with Gasteiger partial charge in [0.15, 0.2) is 0 Å². The van der Waals surface area contributed by atoms with E-state index in [-0.39, 0.29) is 16.2 Å². The molecule has 0 amide bonds. The molecule has 0 atom stereocenters. The van der Waals surface area contributed by atoms with Crippen molar-refractivity contribution in [3.8, 4) is 23.0 Å². The average Bonchev–Trinajstić information content (AvgIpc) is 2.48. The monoisotopic (exact) mass is 330 g/mol. The number of halogens is 1. The molecule has 0 aliphatic carbocycles. The first-order valence-corrected chi connectivity index (χ1v) is 7.52. The van der Waals surface area contributed by atoms with Gasteiger partial charge in [0.05, 0.1) is 14.2 Å². The highest BCUT2D eigenvalue weighted by molar-refractivity contribution is 7.48. The molecule has 0 aliphatic heterocycles. The summed E-state index contributed by atoms with van der Waals surface area (Å²) in [4.78, 5) is 9.72. The quantitative estimate of drug-likeness (QED) is 0.818. The van der Waals surface area contributed by atoms with Gasteiger partial charge in [-0.3, -0.25) is 9.60 Å². The van der Waals surface area contributed by atoms with E-state index in [4.69, 9.17) is 18.5 Å². The van der Waals surface area contributed by atoms with Crippen LogP contribution in [0.1, 0.15) is 0 Å². The van der Waals surface area contributed by atoms with Gasteiger partial charge < -0.3 is 18.5 Å². The van der Waals surface area contributed by atoms with E-state index >= 15 is 0 Å². The van der Waals surface area contributed by atoms with E-state index in [1.165, 1.54) is 38.5 Å². The number of ether oxygens (including phenoxy) is 2. The lowest BCUT2D eigenvalue weighted by Crippen LogP contribution is -1.99. The zero-order valence-electron chi connectivity index (χ0n) is 12.0. The predicted molar refractivity (Wildman–Crippen MR) is 79.6 cm³/mol. The lowest BCUT2D eigenvalue weighted by Gasteiger charge is -2.14. The summed E-state index contributed by atoms with van der Waals surface area (Å²) in [6, 6.07) is 12.5. The lowest BCUT2D eigenvalue weighted by molar-refractivity contribution is 0.290. The van der Waals surface area contributed by atoms with Crippen LogP contribution < -0.4 is 18.5 Å². The van der Waals surface area contributed by atoms with E-state index in [0.29, 0.717) is 11.5 Å². The number of hydrogen-bond donors (Lipinski definition) is 1. The van der Waals surface area contributed by atoms with E-state index in [2.05, 4.69) is 0 Å². The first-order chi connectivity index (χ1) is 10.0. The van der Waals surface area contributed by atoms with E-state index in [1.54, 1.807) is 24.3 Å². The second kappa shape index (κ2) is 7.68. The van der Waals surface area contributed by atoms with Crippen LogP contribution in [-0.2, 0) is 4.57 Å². The highest BCUT2D eigenvalue weighted by atomic mass is 31.2. The summed E-state index contributed by atoms with van der Waals surface area (Å²) in [5.41, 5.74) is 0. The summed E-state index contributed by atoms with van der Waals surface area (Å²) in [6.45, 7) is 0. The molecule has 0 saturated heterocycles. The SMILES string of the molecule is COc1ccc(OP(=O)(O)Oc2ccc(OC)cc2)cc1.F. The van der Waals surface area contributed by atoms with Crippen molar-refractivity contribution in [2.45, 2.75) is 0 Å². The molecule has 6 nitrogen and oxygen atoms in total. The Hall–Kier alpha value is -2.24. The minimum atomic E-state index is -4.27. The molecule has 2 aromatic carbocycles. The van der Waals surface area contributed by atoms with E-state index in [9.17, 15) is 9.46 Å². The van der Waals surface area contributed by atoms with Gasteiger partial charge in [-0.15, -0.1) is 0 Å². The first kappa shape index (κ1) is 17.8. The van der Waals surface area contributed by atoms with Crippen molar-refractivity contribution >= 4 is 7.82 Å². The van der Waals surface area contributed by atoms with Crippen molar-refractivity contribution < 1.29 is 32.7 Å². The Bertz CT molecular complexity index is 575. The molecule has 0 saturated carbocycles. The highest BCUT2D eigenvalue weighted by Gasteiger charge is 2.25. The number of methoxy groups -OCH3 is 2. The smallest absolute Gasteiger partial charge is 0.497 e. The largest absolute Gasteiger partial charge is 0.584 e. The third kappa shape index (κ3) is 4.95. The lowest BCUT2D eigenvalue weighted by atomic mass is 10.3. The van der Waals surface area contributed by atoms with Gasteiger partial charge in [0.1, 0.15) is 23.0 Å². The molecular weight excluding hydrogens is 314 g/mol. The molecule has 0 aliphatic rings. The fourth-order valence-electron chi connectivity index (χ4n) is 1.56. The Kier molecular flexibility index (Phi) is 6.22. The van der Waals surface area contributed by atoms with Gasteiger partial charge in [-0.1, -0.05) is 0 Å². The van der Waals surface area contributed by atoms with Gasteiger partial charge in [-0.05, 0) is 48.5 Å². The van der Waals surface area contributed by atoms with Gasteiger partial charge in [0.25, 0.3) is 0 Å². The van der Waals surface area contributed by atoms with Crippen LogP contribution in [0.25, 0.3) is 0 Å². The fraction of sp³-hybridized carbons (Fsp3) is 0.143. The van der Waals surface area contributed by atoms with Crippen LogP contribution in [0.4, 0.5) is 4.70 Å². The summed E-state index contributed by atoms with van der Waals surface area (Å²) in [6.07, 6.45) is 0. The zero-order valence-corrected chi connectivity index (χ0v) is 12.9. The predicted octanol–water partition coefficient (Wildman–Crippen LogP) is 3.41. The third-order valence-corrected chi connectivity index (χ3v) is 3.44. The molecule has 0 fully saturated rings. The number of phosphoric acid groups is 1. The van der Waals surface area contributed by atoms with Crippen LogP contribution in [-0.4, -0.2) is 19.1 Å². The summed E-state index contributed by atoms with van der Waals surface area (Å²) < 4.78 is 31.8. The number of phosphoric ester groups is 1. The van der Waals surface area contributed by atoms with Gasteiger partial charge in [0.2, 0.25) is 0 Å². The maximum atomic E-state index is 11.9. The van der Waals surface area contributed by atoms with Crippen molar-refractivity contribution in [3.63, 3.8) is 0 Å². The van der Waals surface area contributed by atoms with Crippen molar-refractivity contribution in [1.82, 2.24) is 0 Å². The Morgan fingerprint density at radius 1 is 0.727 bits per heavy atom. The summed E-state index contributed by atoms with van der Waals surface area (Å²) >= 11 is 0. The second-order valence-corrected chi connectivity index (χ2v) is 5.30. The molecular formula is C14H16FO6P. The zero-order chi connectivity index (χ0) is 15.3. The molecule has 0 spiro atoms. The number of hydrogen-bond acceptors (Lipinski definition) is 5. The topological polar surface area (TPSA) is 74.2 Å². The standard InChI is InChI=1S/C14H15O6P.FH/c1-17-11-3-7-13(8-4-11)19-21(15,16)20-14-9-5-12(18-2)6-10-14;/h3-10H,1-2H3,(H,15,16);1H. The summed E-state index contributed by atoms with van der Waals surface area (Å²) in [7, 11) is -1.21. The average molecular weight is 330 g/mol. The summed E-state index contributed by atoms with van der Waals surface area (Å²) in [5.74, 6) is 1.64. The fourth-order valence-corrected chi connectivity index (χ4v) is 2.37. The molecule has 0 unspecified atom stereocenters. The van der Waals surface area contributed by atoms with Crippen LogP contribution >= 0.6 is 7.82 Å². The van der Waals surface area contributed by atoms with Gasteiger partial charge >= 0.3 is 7.82 Å². The Balaban J connectivity index is 0.00000242. The Morgan fingerprint density at radius 3 is 1.27 bits per heavy atom. The van der Waals surface area contributed by atoms with Crippen molar-refractivity contribution in [3.05, 3.63) is 48.5 Å². The normalized spacial score (nSPS) is 10.3. The molecule has 8 heteroatoms. The molecule has 0 bridgehead atoms. The van der Waals surface area contributed by atoms with Gasteiger partial charge in [-0.25, -0.2) is 4.57 Å². The number of benzene rings is 2. The van der Waals surface area contributed by atoms with Crippen LogP contribution in [0.2, 0.25) is 0 Å². The van der Waals surface area contributed by atoms with Crippen LogP contribution in [0, 0.1) is 0 Å². The Morgan fingerprint density at radius 2 is 1.00 bits per heavy atom. The molecule has 22 heavy (non-hydrogen) atoms. The molecule has 2 rings (SSSR count). The van der Waals surface area contributed by atoms with Crippen molar-refractivity contribution in [1.29, 1.82) is 0 Å². The molecule has 2 aromatic rings. The van der Waals surface area contributed by atoms with E-state index in [1.807, 2.05) is 0 Å². The molecule has 0 radical (unpaired) electrons. The maximum absolute atomic E-state index is 11.9. The van der Waals surface area contributed by atoms with Crippen LogP contribution in [0.15, 0.2) is 48.5 Å². The molecule has 1 N–H and O–H groups in total. The summed E-state index contributed by atoms with van der Waals surface area (Å²) in [5, 5.41) is 0. The maximum Gasteiger partial charge on any atom is 0.584 e. The third-order valence-electron chi connectivity index (χ3n) is 2.56. The van der Waals surface area contributed by atoms with Gasteiger partial charge in [0, 0.05) is 0 Å². The van der Waals surface area contributed by atoms with E-state index < -0.39 is 7.82 Å². The van der Waals surface area contributed by atoms with Crippen molar-refractivity contribution in [2.24, 2.45) is 0 Å². The minimum Gasteiger partial charge on any atom is -0.497 e. The van der Waals surface area contributed by atoms with Crippen LogP contribution in [0.5, 0.6) is 23.0 Å². The minimum absolute atomic E-state index is 0. The number of rotatable bonds is 6. The van der Waals surface area contributed by atoms with Crippen LogP contribution in [0.3, 0.4) is 0 Å². The van der Waals surface area contributed by atoms with E-state index in [0.717, 1.165) is 0 Å². The van der Waals surface area contributed by atoms with Gasteiger partial charge in [-0.2, -0.15) is 0 Å². The van der Waals surface area contributed by atoms with Crippen molar-refractivity contribution in [2.75, 3.05) is 14.2 Å². The highest BCUT2D eigenvalue weighted by Crippen LogP contribution is 2.44. The first-order valence-electron chi connectivity index (χ1n) is 6.02.